The molecule has 0 saturated carbocycles. The number of hydrogen-bond donors (Lipinski definition) is 2. The number of methoxy groups -OCH3 is 1. The van der Waals surface area contributed by atoms with Crippen molar-refractivity contribution in [2.24, 2.45) is 0 Å². The molecule has 1 fully saturated rings. The van der Waals surface area contributed by atoms with Crippen LogP contribution < -0.4 is 20.5 Å². The third-order valence-electron chi connectivity index (χ3n) is 6.85. The molecule has 12 heteroatoms. The van der Waals surface area contributed by atoms with Gasteiger partial charge in [0.1, 0.15) is 11.4 Å². The highest BCUT2D eigenvalue weighted by Gasteiger charge is 2.26. The molecule has 0 bridgehead atoms. The number of aromatic nitrogens is 3. The van der Waals surface area contributed by atoms with Crippen LogP contribution >= 0.6 is 23.2 Å². The molecule has 0 aliphatic carbocycles. The van der Waals surface area contributed by atoms with Crippen LogP contribution in [0.5, 0.6) is 5.75 Å². The van der Waals surface area contributed by atoms with Crippen LogP contribution in [0.3, 0.4) is 0 Å². The van der Waals surface area contributed by atoms with Crippen LogP contribution in [0.15, 0.2) is 53.5 Å². The highest BCUT2D eigenvalue weighted by atomic mass is 35.5. The van der Waals surface area contributed by atoms with Gasteiger partial charge in [0.25, 0.3) is 5.56 Å². The van der Waals surface area contributed by atoms with E-state index >= 15 is 0 Å². The molecule has 1 aliphatic rings. The normalized spacial score (nSPS) is 13.8. The number of nitrogens with zero attached hydrogens (tertiary/aromatic N) is 4. The molecule has 0 unspecified atom stereocenters. The number of H-pyrrole nitrogens is 1. The van der Waals surface area contributed by atoms with Gasteiger partial charge in [-0.2, -0.15) is 5.10 Å². The van der Waals surface area contributed by atoms with Gasteiger partial charge in [-0.1, -0.05) is 29.3 Å². The zero-order valence-corrected chi connectivity index (χ0v) is 25.3. The van der Waals surface area contributed by atoms with Crippen LogP contribution in [0.1, 0.15) is 32.0 Å². The molecule has 4 aromatic rings. The van der Waals surface area contributed by atoms with Gasteiger partial charge in [0.15, 0.2) is 0 Å². The predicted molar refractivity (Wildman–Crippen MR) is 166 cm³/mol. The molecule has 0 atom stereocenters. The van der Waals surface area contributed by atoms with Gasteiger partial charge in [-0.25, -0.2) is 9.89 Å². The van der Waals surface area contributed by atoms with Crippen molar-refractivity contribution in [3.8, 4) is 5.75 Å². The fraction of sp³-hybridized carbons (Fsp3) is 0.333. The Morgan fingerprint density at radius 2 is 1.76 bits per heavy atom. The van der Waals surface area contributed by atoms with Crippen molar-refractivity contribution in [2.45, 2.75) is 32.8 Å². The van der Waals surface area contributed by atoms with E-state index in [4.69, 9.17) is 32.7 Å². The minimum atomic E-state index is -0.533. The van der Waals surface area contributed by atoms with Gasteiger partial charge < -0.3 is 24.6 Å². The third-order valence-corrected chi connectivity index (χ3v) is 7.56. The van der Waals surface area contributed by atoms with Crippen molar-refractivity contribution in [2.75, 3.05) is 43.5 Å². The first kappa shape index (κ1) is 29.5. The standard InChI is InChI=1S/C30H32Cl2N6O4/c1-30(2,3)42-29(40)38-12-10-37(11-13-38)19-8-9-23(26(16-19)41-4)35-24-15-18(14-20-21(31)6-5-7-22(20)32)34-25-17-33-36-28(39)27(24)25/h5-9,15-17H,10-14H2,1-4H3,(H,34,35)(H,36,39). The van der Waals surface area contributed by atoms with Crippen molar-refractivity contribution < 1.29 is 14.3 Å². The predicted octanol–water partition coefficient (Wildman–Crippen LogP) is 6.03. The fourth-order valence-electron chi connectivity index (χ4n) is 4.83. The smallest absolute Gasteiger partial charge is 0.410 e. The highest BCUT2D eigenvalue weighted by molar-refractivity contribution is 6.36. The minimum Gasteiger partial charge on any atom is -0.494 e. The quantitative estimate of drug-likeness (QED) is 0.272. The summed E-state index contributed by atoms with van der Waals surface area (Å²) in [7, 11) is 1.59. The lowest BCUT2D eigenvalue weighted by Crippen LogP contribution is -2.50. The van der Waals surface area contributed by atoms with E-state index in [0.29, 0.717) is 76.4 Å². The van der Waals surface area contributed by atoms with Gasteiger partial charge in [-0.3, -0.25) is 9.78 Å². The Hall–Kier alpha value is -4.02. The maximum Gasteiger partial charge on any atom is 0.410 e. The number of rotatable bonds is 6. The average molecular weight is 612 g/mol. The number of benzene rings is 2. The number of aromatic amines is 1. The highest BCUT2D eigenvalue weighted by Crippen LogP contribution is 2.35. The minimum absolute atomic E-state index is 0.301. The fourth-order valence-corrected chi connectivity index (χ4v) is 5.36. The number of halogens is 2. The summed E-state index contributed by atoms with van der Waals surface area (Å²) in [5, 5.41) is 11.2. The average Bonchev–Trinajstić information content (AvgIpc) is 2.94. The molecule has 0 radical (unpaired) electrons. The Kier molecular flexibility index (Phi) is 8.47. The van der Waals surface area contributed by atoms with E-state index in [-0.39, 0.29) is 11.7 Å². The number of anilines is 3. The Balaban J connectivity index is 1.40. The number of amides is 1. The molecule has 2 aromatic heterocycles. The number of carbonyl (C=O) groups excluding carboxylic acids is 1. The molecular weight excluding hydrogens is 579 g/mol. The second-order valence-electron chi connectivity index (χ2n) is 11.0. The van der Waals surface area contributed by atoms with Crippen molar-refractivity contribution >= 4 is 57.3 Å². The molecule has 1 aliphatic heterocycles. The van der Waals surface area contributed by atoms with Crippen LogP contribution in [0.4, 0.5) is 21.9 Å². The van der Waals surface area contributed by atoms with Gasteiger partial charge in [0.2, 0.25) is 0 Å². The van der Waals surface area contributed by atoms with Crippen molar-refractivity contribution in [1.82, 2.24) is 20.1 Å². The SMILES string of the molecule is COc1cc(N2CCN(C(=O)OC(C)(C)C)CC2)ccc1Nc1cc(Cc2c(Cl)cccc2Cl)nc2cn[nH]c(=O)c12. The van der Waals surface area contributed by atoms with Gasteiger partial charge in [0.05, 0.1) is 35.6 Å². The first-order valence-corrected chi connectivity index (χ1v) is 14.3. The Labute approximate surface area is 253 Å². The van der Waals surface area contributed by atoms with Crippen LogP contribution in [0.2, 0.25) is 10.0 Å². The zero-order chi connectivity index (χ0) is 30.0. The van der Waals surface area contributed by atoms with Crippen LogP contribution in [-0.2, 0) is 11.2 Å². The molecular formula is C30H32Cl2N6O4. The van der Waals surface area contributed by atoms with Crippen LogP contribution in [0.25, 0.3) is 10.9 Å². The number of ether oxygens (including phenoxy) is 2. The van der Waals surface area contributed by atoms with Gasteiger partial charge >= 0.3 is 6.09 Å². The summed E-state index contributed by atoms with van der Waals surface area (Å²) in [5.41, 5.74) is 3.09. The van der Waals surface area contributed by atoms with Gasteiger partial charge in [-0.05, 0) is 56.7 Å². The van der Waals surface area contributed by atoms with Crippen molar-refractivity contribution in [3.05, 3.63) is 80.3 Å². The Morgan fingerprint density at radius 1 is 1.05 bits per heavy atom. The summed E-state index contributed by atoms with van der Waals surface area (Å²) >= 11 is 12.8. The topological polar surface area (TPSA) is 113 Å². The summed E-state index contributed by atoms with van der Waals surface area (Å²) in [4.78, 5) is 33.9. The molecule has 10 nitrogen and oxygen atoms in total. The first-order valence-electron chi connectivity index (χ1n) is 13.5. The molecule has 2 aromatic carbocycles. The van der Waals surface area contributed by atoms with Crippen molar-refractivity contribution in [3.63, 3.8) is 0 Å². The Bertz CT molecular complexity index is 1660. The summed E-state index contributed by atoms with van der Waals surface area (Å²) in [6, 6.07) is 13.0. The van der Waals surface area contributed by atoms with Crippen molar-refractivity contribution in [1.29, 1.82) is 0 Å². The lowest BCUT2D eigenvalue weighted by molar-refractivity contribution is 0.0240. The van der Waals surface area contributed by atoms with E-state index in [0.717, 1.165) is 11.3 Å². The second kappa shape index (κ2) is 12.1. The van der Waals surface area contributed by atoms with E-state index in [1.807, 2.05) is 39.0 Å². The molecule has 5 rings (SSSR count). The number of piperazine rings is 1. The van der Waals surface area contributed by atoms with Gasteiger partial charge in [-0.15, -0.1) is 0 Å². The summed E-state index contributed by atoms with van der Waals surface area (Å²) in [6.07, 6.45) is 1.57. The van der Waals surface area contributed by atoms with E-state index in [9.17, 15) is 9.59 Å². The van der Waals surface area contributed by atoms with E-state index in [2.05, 4.69) is 25.4 Å². The zero-order valence-electron chi connectivity index (χ0n) is 23.8. The molecule has 1 amide bonds. The molecule has 42 heavy (non-hydrogen) atoms. The maximum atomic E-state index is 12.8. The maximum absolute atomic E-state index is 12.8. The monoisotopic (exact) mass is 610 g/mol. The second-order valence-corrected chi connectivity index (χ2v) is 11.8. The molecule has 2 N–H and O–H groups in total. The first-order chi connectivity index (χ1) is 20.0. The molecule has 3 heterocycles. The Morgan fingerprint density at radius 3 is 2.43 bits per heavy atom. The molecule has 0 spiro atoms. The largest absolute Gasteiger partial charge is 0.494 e. The third kappa shape index (κ3) is 6.55. The van der Waals surface area contributed by atoms with Crippen LogP contribution in [0, 0.1) is 0 Å². The molecule has 220 valence electrons. The van der Waals surface area contributed by atoms with Gasteiger partial charge in [0, 0.05) is 60.1 Å². The van der Waals surface area contributed by atoms with Crippen LogP contribution in [-0.4, -0.2) is 65.1 Å². The lowest BCUT2D eigenvalue weighted by Gasteiger charge is -2.37. The van der Waals surface area contributed by atoms with E-state index < -0.39 is 5.60 Å². The number of nitrogens with one attached hydrogen (secondary N) is 2. The number of carbonyl (C=O) groups is 1. The summed E-state index contributed by atoms with van der Waals surface area (Å²) in [6.45, 7) is 7.99. The lowest BCUT2D eigenvalue weighted by atomic mass is 10.1. The number of fused-ring (bicyclic) bond motifs is 1. The van der Waals surface area contributed by atoms with E-state index in [1.165, 1.54) is 6.20 Å². The van der Waals surface area contributed by atoms with E-state index in [1.54, 1.807) is 36.3 Å². The number of hydrogen-bond acceptors (Lipinski definition) is 8. The number of pyridine rings is 1. The summed E-state index contributed by atoms with van der Waals surface area (Å²) in [5.74, 6) is 0.591. The molecule has 1 saturated heterocycles. The summed E-state index contributed by atoms with van der Waals surface area (Å²) < 4.78 is 11.3.